The SMILES string of the molecule is CC(C)(C)OC(=O)N1CCC[C@H](/C=C\C(=O)O)C1. The number of carbonyl (C=O) groups is 2. The molecule has 5 nitrogen and oxygen atoms in total. The minimum Gasteiger partial charge on any atom is -0.478 e. The van der Waals surface area contributed by atoms with E-state index in [-0.39, 0.29) is 12.0 Å². The number of ether oxygens (including phenoxy) is 1. The van der Waals surface area contributed by atoms with Gasteiger partial charge in [-0.15, -0.1) is 0 Å². The largest absolute Gasteiger partial charge is 0.478 e. The number of nitrogens with zero attached hydrogens (tertiary/aromatic N) is 1. The van der Waals surface area contributed by atoms with Crippen molar-refractivity contribution in [3.8, 4) is 0 Å². The molecule has 1 aliphatic heterocycles. The minimum atomic E-state index is -0.954. The molecule has 0 bridgehead atoms. The number of aliphatic carboxylic acids is 1. The van der Waals surface area contributed by atoms with Crippen molar-refractivity contribution in [1.82, 2.24) is 4.90 Å². The van der Waals surface area contributed by atoms with E-state index in [2.05, 4.69) is 0 Å². The Morgan fingerprint density at radius 3 is 2.61 bits per heavy atom. The Balaban J connectivity index is 2.53. The molecule has 1 saturated heterocycles. The van der Waals surface area contributed by atoms with Gasteiger partial charge in [-0.05, 0) is 39.5 Å². The van der Waals surface area contributed by atoms with Gasteiger partial charge in [0.2, 0.25) is 0 Å². The van der Waals surface area contributed by atoms with Gasteiger partial charge in [0.15, 0.2) is 0 Å². The second kappa shape index (κ2) is 5.89. The fourth-order valence-corrected chi connectivity index (χ4v) is 1.88. The van der Waals surface area contributed by atoms with Gasteiger partial charge < -0.3 is 14.7 Å². The number of likely N-dealkylation sites (tertiary alicyclic amines) is 1. The number of hydrogen-bond acceptors (Lipinski definition) is 3. The van der Waals surface area contributed by atoms with E-state index in [0.717, 1.165) is 18.9 Å². The van der Waals surface area contributed by atoms with E-state index < -0.39 is 11.6 Å². The number of carbonyl (C=O) groups excluding carboxylic acids is 1. The zero-order valence-electron chi connectivity index (χ0n) is 11.2. The maximum absolute atomic E-state index is 11.9. The van der Waals surface area contributed by atoms with Crippen molar-refractivity contribution in [2.75, 3.05) is 13.1 Å². The molecule has 1 N–H and O–H groups in total. The highest BCUT2D eigenvalue weighted by molar-refractivity contribution is 5.79. The maximum atomic E-state index is 11.9. The first-order valence-corrected chi connectivity index (χ1v) is 6.17. The van der Waals surface area contributed by atoms with Crippen molar-refractivity contribution >= 4 is 12.1 Å². The molecule has 1 amide bonds. The van der Waals surface area contributed by atoms with E-state index in [1.807, 2.05) is 20.8 Å². The van der Waals surface area contributed by atoms with Crippen molar-refractivity contribution in [3.05, 3.63) is 12.2 Å². The molecule has 1 rings (SSSR count). The lowest BCUT2D eigenvalue weighted by atomic mass is 9.98. The van der Waals surface area contributed by atoms with Gasteiger partial charge in [0.25, 0.3) is 0 Å². The predicted octanol–water partition coefficient (Wildman–Crippen LogP) is 2.27. The first-order valence-electron chi connectivity index (χ1n) is 6.17. The number of carboxylic acid groups (broad SMARTS) is 1. The molecule has 0 unspecified atom stereocenters. The smallest absolute Gasteiger partial charge is 0.410 e. The van der Waals surface area contributed by atoms with E-state index in [9.17, 15) is 9.59 Å². The van der Waals surface area contributed by atoms with Gasteiger partial charge in [-0.25, -0.2) is 9.59 Å². The van der Waals surface area contributed by atoms with Gasteiger partial charge >= 0.3 is 12.1 Å². The van der Waals surface area contributed by atoms with Gasteiger partial charge in [-0.2, -0.15) is 0 Å². The molecule has 0 aromatic heterocycles. The third-order valence-corrected chi connectivity index (χ3v) is 2.62. The third kappa shape index (κ3) is 5.21. The Bertz CT molecular complexity index is 343. The molecule has 0 radical (unpaired) electrons. The summed E-state index contributed by atoms with van der Waals surface area (Å²) in [6, 6.07) is 0. The lowest BCUT2D eigenvalue weighted by Crippen LogP contribution is -2.42. The second-order valence-corrected chi connectivity index (χ2v) is 5.53. The maximum Gasteiger partial charge on any atom is 0.410 e. The zero-order chi connectivity index (χ0) is 13.8. The monoisotopic (exact) mass is 255 g/mol. The number of carboxylic acids is 1. The van der Waals surface area contributed by atoms with Crippen molar-refractivity contribution in [3.63, 3.8) is 0 Å². The molecule has 0 spiro atoms. The number of piperidine rings is 1. The molecule has 1 aliphatic rings. The van der Waals surface area contributed by atoms with E-state index in [1.54, 1.807) is 11.0 Å². The van der Waals surface area contributed by atoms with E-state index >= 15 is 0 Å². The molecular weight excluding hydrogens is 234 g/mol. The van der Waals surface area contributed by atoms with Crippen molar-refractivity contribution in [2.45, 2.75) is 39.2 Å². The summed E-state index contributed by atoms with van der Waals surface area (Å²) in [6.07, 6.45) is 4.25. The summed E-state index contributed by atoms with van der Waals surface area (Å²) in [5, 5.41) is 8.58. The molecule has 1 atom stereocenters. The van der Waals surface area contributed by atoms with Gasteiger partial charge in [0.1, 0.15) is 5.60 Å². The molecule has 0 aromatic rings. The summed E-state index contributed by atoms with van der Waals surface area (Å²) < 4.78 is 5.30. The number of rotatable bonds is 2. The molecular formula is C13H21NO4. The van der Waals surface area contributed by atoms with Crippen LogP contribution < -0.4 is 0 Å². The van der Waals surface area contributed by atoms with E-state index in [0.29, 0.717) is 13.1 Å². The summed E-state index contributed by atoms with van der Waals surface area (Å²) in [5.74, 6) is -0.855. The van der Waals surface area contributed by atoms with Crippen LogP contribution in [0.15, 0.2) is 12.2 Å². The highest BCUT2D eigenvalue weighted by Crippen LogP contribution is 2.20. The average Bonchev–Trinajstić information content (AvgIpc) is 2.24. The van der Waals surface area contributed by atoms with Crippen molar-refractivity contribution in [2.24, 2.45) is 5.92 Å². The highest BCUT2D eigenvalue weighted by Gasteiger charge is 2.26. The predicted molar refractivity (Wildman–Crippen MR) is 67.3 cm³/mol. The quantitative estimate of drug-likeness (QED) is 0.769. The van der Waals surface area contributed by atoms with Crippen LogP contribution in [0.2, 0.25) is 0 Å². The normalized spacial score (nSPS) is 21.1. The highest BCUT2D eigenvalue weighted by atomic mass is 16.6. The Morgan fingerprint density at radius 1 is 1.39 bits per heavy atom. The van der Waals surface area contributed by atoms with E-state index in [1.165, 1.54) is 0 Å². The lowest BCUT2D eigenvalue weighted by Gasteiger charge is -2.33. The van der Waals surface area contributed by atoms with Crippen LogP contribution in [-0.2, 0) is 9.53 Å². The Kier molecular flexibility index (Phi) is 4.76. The topological polar surface area (TPSA) is 66.8 Å². The van der Waals surface area contributed by atoms with Crippen LogP contribution in [0.25, 0.3) is 0 Å². The van der Waals surface area contributed by atoms with Crippen LogP contribution in [0.3, 0.4) is 0 Å². The van der Waals surface area contributed by atoms with Crippen LogP contribution in [0.1, 0.15) is 33.6 Å². The Morgan fingerprint density at radius 2 is 2.06 bits per heavy atom. The van der Waals surface area contributed by atoms with Gasteiger partial charge in [-0.1, -0.05) is 6.08 Å². The summed E-state index contributed by atoms with van der Waals surface area (Å²) >= 11 is 0. The van der Waals surface area contributed by atoms with E-state index in [4.69, 9.17) is 9.84 Å². The fraction of sp³-hybridized carbons (Fsp3) is 0.692. The summed E-state index contributed by atoms with van der Waals surface area (Å²) in [4.78, 5) is 24.0. The summed E-state index contributed by atoms with van der Waals surface area (Å²) in [7, 11) is 0. The average molecular weight is 255 g/mol. The minimum absolute atomic E-state index is 0.0994. The number of amides is 1. The molecule has 0 aliphatic carbocycles. The fourth-order valence-electron chi connectivity index (χ4n) is 1.88. The second-order valence-electron chi connectivity index (χ2n) is 5.53. The van der Waals surface area contributed by atoms with Crippen molar-refractivity contribution < 1.29 is 19.4 Å². The molecule has 18 heavy (non-hydrogen) atoms. The molecule has 0 saturated carbocycles. The molecule has 5 heteroatoms. The van der Waals surface area contributed by atoms with Crippen LogP contribution in [0.5, 0.6) is 0 Å². The zero-order valence-corrected chi connectivity index (χ0v) is 11.2. The van der Waals surface area contributed by atoms with Crippen molar-refractivity contribution in [1.29, 1.82) is 0 Å². The third-order valence-electron chi connectivity index (χ3n) is 2.62. The lowest BCUT2D eigenvalue weighted by molar-refractivity contribution is -0.131. The van der Waals surface area contributed by atoms with Crippen LogP contribution >= 0.6 is 0 Å². The molecule has 1 heterocycles. The Labute approximate surface area is 107 Å². The molecule has 1 fully saturated rings. The van der Waals surface area contributed by atoms with Gasteiger partial charge in [0, 0.05) is 19.2 Å². The first-order chi connectivity index (χ1) is 8.28. The Hall–Kier alpha value is -1.52. The standard InChI is InChI=1S/C13H21NO4/c1-13(2,3)18-12(17)14-8-4-5-10(9-14)6-7-11(15)16/h6-7,10H,4-5,8-9H2,1-3H3,(H,15,16)/b7-6-/t10-/m1/s1. The molecule has 102 valence electrons. The number of hydrogen-bond donors (Lipinski definition) is 1. The summed E-state index contributed by atoms with van der Waals surface area (Å²) in [6.45, 7) is 6.69. The van der Waals surface area contributed by atoms with Crippen LogP contribution in [0, 0.1) is 5.92 Å². The van der Waals surface area contributed by atoms with Gasteiger partial charge in [0.05, 0.1) is 0 Å². The van der Waals surface area contributed by atoms with Crippen LogP contribution in [0.4, 0.5) is 4.79 Å². The first kappa shape index (κ1) is 14.5. The van der Waals surface area contributed by atoms with Crippen LogP contribution in [-0.4, -0.2) is 40.8 Å². The van der Waals surface area contributed by atoms with Gasteiger partial charge in [-0.3, -0.25) is 0 Å². The molecule has 0 aromatic carbocycles. The summed E-state index contributed by atoms with van der Waals surface area (Å²) in [5.41, 5.74) is -0.499.